The number of hydrogen-bond donors (Lipinski definition) is 0. The van der Waals surface area contributed by atoms with Crippen molar-refractivity contribution in [2.24, 2.45) is 5.92 Å². The van der Waals surface area contributed by atoms with E-state index in [0.717, 1.165) is 37.6 Å². The zero-order valence-corrected chi connectivity index (χ0v) is 11.0. The first kappa shape index (κ1) is 13.5. The first-order valence-corrected chi connectivity index (χ1v) is 6.22. The number of nitrogens with zero attached hydrogens (tertiary/aromatic N) is 3. The highest BCUT2D eigenvalue weighted by molar-refractivity contribution is 6.16. The van der Waals surface area contributed by atoms with Crippen LogP contribution in [0.2, 0.25) is 0 Å². The molecule has 0 saturated heterocycles. The van der Waals surface area contributed by atoms with Crippen LogP contribution in [0.5, 0.6) is 0 Å². The Morgan fingerprint density at radius 1 is 1.38 bits per heavy atom. The van der Waals surface area contributed by atoms with Gasteiger partial charge in [-0.25, -0.2) is 0 Å². The molecule has 0 fully saturated rings. The molecule has 0 radical (unpaired) electrons. The van der Waals surface area contributed by atoms with Gasteiger partial charge < -0.3 is 9.30 Å². The van der Waals surface area contributed by atoms with Crippen molar-refractivity contribution in [3.05, 3.63) is 11.6 Å². The summed E-state index contributed by atoms with van der Waals surface area (Å²) >= 11 is 5.83. The van der Waals surface area contributed by atoms with Crippen LogP contribution in [-0.4, -0.2) is 28.5 Å². The number of rotatable bonds is 7. The molecule has 0 saturated carbocycles. The number of aromatic nitrogens is 3. The molecule has 1 atom stereocenters. The van der Waals surface area contributed by atoms with Crippen LogP contribution in [0.1, 0.15) is 31.9 Å². The summed E-state index contributed by atoms with van der Waals surface area (Å²) in [6.07, 6.45) is 1.95. The molecule has 0 aromatic carbocycles. The highest BCUT2D eigenvalue weighted by Crippen LogP contribution is 2.11. The number of halogens is 1. The highest BCUT2D eigenvalue weighted by Gasteiger charge is 2.13. The Labute approximate surface area is 102 Å². The number of ether oxygens (including phenoxy) is 1. The fourth-order valence-electron chi connectivity index (χ4n) is 1.76. The lowest BCUT2D eigenvalue weighted by molar-refractivity contribution is 0.158. The topological polar surface area (TPSA) is 39.9 Å². The predicted molar refractivity (Wildman–Crippen MR) is 64.6 cm³/mol. The summed E-state index contributed by atoms with van der Waals surface area (Å²) in [6, 6.07) is 0. The van der Waals surface area contributed by atoms with Crippen molar-refractivity contribution >= 4 is 11.6 Å². The van der Waals surface area contributed by atoms with Crippen LogP contribution in [0.15, 0.2) is 0 Å². The fourth-order valence-corrected chi connectivity index (χ4v) is 1.96. The lowest BCUT2D eigenvalue weighted by atomic mass is 10.1. The zero-order valence-electron chi connectivity index (χ0n) is 10.2. The summed E-state index contributed by atoms with van der Waals surface area (Å²) in [5.74, 6) is 2.75. The molecule has 92 valence electrons. The minimum absolute atomic E-state index is 0.422. The molecule has 0 N–H and O–H groups in total. The van der Waals surface area contributed by atoms with E-state index in [9.17, 15) is 0 Å². The van der Waals surface area contributed by atoms with E-state index in [0.29, 0.717) is 11.8 Å². The van der Waals surface area contributed by atoms with Crippen molar-refractivity contribution < 1.29 is 4.74 Å². The molecule has 4 nitrogen and oxygen atoms in total. The minimum atomic E-state index is 0.422. The van der Waals surface area contributed by atoms with Crippen molar-refractivity contribution in [2.45, 2.75) is 39.1 Å². The lowest BCUT2D eigenvalue weighted by Crippen LogP contribution is -2.13. The maximum Gasteiger partial charge on any atom is 0.147 e. The average Bonchev–Trinajstić information content (AvgIpc) is 2.62. The quantitative estimate of drug-likeness (QED) is 0.692. The third kappa shape index (κ3) is 3.46. The third-order valence-corrected chi connectivity index (χ3v) is 2.69. The van der Waals surface area contributed by atoms with Crippen molar-refractivity contribution in [3.63, 3.8) is 0 Å². The first-order chi connectivity index (χ1) is 7.72. The molecule has 0 amide bonds. The molecule has 1 rings (SSSR count). The molecule has 0 bridgehead atoms. The molecule has 1 unspecified atom stereocenters. The molecule has 1 aromatic rings. The summed E-state index contributed by atoms with van der Waals surface area (Å²) in [5, 5.41) is 8.31. The van der Waals surface area contributed by atoms with Crippen LogP contribution in [0.4, 0.5) is 0 Å². The maximum absolute atomic E-state index is 5.83. The monoisotopic (exact) mass is 245 g/mol. The Balaban J connectivity index is 2.74. The first-order valence-electron chi connectivity index (χ1n) is 5.68. The van der Waals surface area contributed by atoms with Gasteiger partial charge in [0.25, 0.3) is 0 Å². The average molecular weight is 246 g/mol. The van der Waals surface area contributed by atoms with E-state index >= 15 is 0 Å². The Kier molecular flexibility index (Phi) is 5.77. The molecular weight excluding hydrogens is 226 g/mol. The van der Waals surface area contributed by atoms with Crippen molar-refractivity contribution in [1.82, 2.24) is 14.8 Å². The van der Waals surface area contributed by atoms with Gasteiger partial charge in [0.05, 0.1) is 5.88 Å². The number of methoxy groups -OCH3 is 1. The van der Waals surface area contributed by atoms with Gasteiger partial charge in [0.2, 0.25) is 0 Å². The van der Waals surface area contributed by atoms with Gasteiger partial charge in [-0.2, -0.15) is 0 Å². The summed E-state index contributed by atoms with van der Waals surface area (Å²) in [7, 11) is 1.72. The minimum Gasteiger partial charge on any atom is -0.384 e. The Hall–Kier alpha value is -0.610. The number of alkyl halides is 1. The van der Waals surface area contributed by atoms with Gasteiger partial charge in [0.1, 0.15) is 11.6 Å². The normalized spacial score (nSPS) is 13.0. The SMILES string of the molecule is CCCn1c(CCl)nnc1CC(C)COC. The van der Waals surface area contributed by atoms with E-state index in [2.05, 4.69) is 28.6 Å². The molecule has 16 heavy (non-hydrogen) atoms. The van der Waals surface area contributed by atoms with E-state index in [-0.39, 0.29) is 0 Å². The summed E-state index contributed by atoms with van der Waals surface area (Å²) in [6.45, 7) is 5.97. The standard InChI is InChI=1S/C11H20ClN3O/c1-4-5-15-10(6-9(2)8-16-3)13-14-11(15)7-12/h9H,4-8H2,1-3H3. The van der Waals surface area contributed by atoms with Crippen molar-refractivity contribution in [3.8, 4) is 0 Å². The summed E-state index contributed by atoms with van der Waals surface area (Å²) in [4.78, 5) is 0. The van der Waals surface area contributed by atoms with Crippen LogP contribution in [0.25, 0.3) is 0 Å². The van der Waals surface area contributed by atoms with Gasteiger partial charge in [0, 0.05) is 26.7 Å². The van der Waals surface area contributed by atoms with Crippen LogP contribution in [0, 0.1) is 5.92 Å². The van der Waals surface area contributed by atoms with Crippen LogP contribution in [0.3, 0.4) is 0 Å². The Morgan fingerprint density at radius 3 is 2.62 bits per heavy atom. The smallest absolute Gasteiger partial charge is 0.147 e. The van der Waals surface area contributed by atoms with Crippen LogP contribution < -0.4 is 0 Å². The molecule has 0 aliphatic heterocycles. The van der Waals surface area contributed by atoms with Gasteiger partial charge in [-0.3, -0.25) is 0 Å². The molecule has 0 aliphatic rings. The molecule has 0 spiro atoms. The summed E-state index contributed by atoms with van der Waals surface area (Å²) < 4.78 is 7.25. The van der Waals surface area contributed by atoms with Crippen molar-refractivity contribution in [2.75, 3.05) is 13.7 Å². The Bertz CT molecular complexity index is 314. The second-order valence-corrected chi connectivity index (χ2v) is 4.35. The zero-order chi connectivity index (χ0) is 12.0. The fraction of sp³-hybridized carbons (Fsp3) is 0.818. The third-order valence-electron chi connectivity index (χ3n) is 2.45. The van der Waals surface area contributed by atoms with Gasteiger partial charge in [0.15, 0.2) is 0 Å². The molecule has 1 aromatic heterocycles. The van der Waals surface area contributed by atoms with Crippen LogP contribution in [-0.2, 0) is 23.6 Å². The van der Waals surface area contributed by atoms with Gasteiger partial charge in [-0.05, 0) is 12.3 Å². The second kappa shape index (κ2) is 6.86. The van der Waals surface area contributed by atoms with Gasteiger partial charge >= 0.3 is 0 Å². The largest absolute Gasteiger partial charge is 0.384 e. The molecule has 5 heteroatoms. The highest BCUT2D eigenvalue weighted by atomic mass is 35.5. The summed E-state index contributed by atoms with van der Waals surface area (Å²) in [5.41, 5.74) is 0. The van der Waals surface area contributed by atoms with E-state index < -0.39 is 0 Å². The second-order valence-electron chi connectivity index (χ2n) is 4.08. The van der Waals surface area contributed by atoms with Gasteiger partial charge in [-0.15, -0.1) is 21.8 Å². The van der Waals surface area contributed by atoms with E-state index in [1.165, 1.54) is 0 Å². The predicted octanol–water partition coefficient (Wildman–Crippen LogP) is 2.25. The van der Waals surface area contributed by atoms with E-state index in [1.807, 2.05) is 0 Å². The van der Waals surface area contributed by atoms with Gasteiger partial charge in [-0.1, -0.05) is 13.8 Å². The lowest BCUT2D eigenvalue weighted by Gasteiger charge is -2.11. The molecule has 1 heterocycles. The van der Waals surface area contributed by atoms with E-state index in [4.69, 9.17) is 16.3 Å². The van der Waals surface area contributed by atoms with Crippen molar-refractivity contribution in [1.29, 1.82) is 0 Å². The number of hydrogen-bond acceptors (Lipinski definition) is 3. The molecular formula is C11H20ClN3O. The Morgan fingerprint density at radius 2 is 2.06 bits per heavy atom. The van der Waals surface area contributed by atoms with E-state index in [1.54, 1.807) is 7.11 Å². The van der Waals surface area contributed by atoms with Crippen LogP contribution >= 0.6 is 11.6 Å². The maximum atomic E-state index is 5.83. The molecule has 0 aliphatic carbocycles.